The molecule has 29 heavy (non-hydrogen) atoms. The fourth-order valence-corrected chi connectivity index (χ4v) is 4.09. The lowest BCUT2D eigenvalue weighted by atomic mass is 9.97. The molecule has 150 valence electrons. The van der Waals surface area contributed by atoms with Gasteiger partial charge < -0.3 is 14.2 Å². The number of nitrogens with zero attached hydrogens (tertiary/aromatic N) is 1. The first-order valence-electron chi connectivity index (χ1n) is 9.79. The van der Waals surface area contributed by atoms with Crippen LogP contribution in [0.25, 0.3) is 11.0 Å². The Kier molecular flexibility index (Phi) is 5.19. The Labute approximate surface area is 174 Å². The zero-order chi connectivity index (χ0) is 20.7. The molecule has 2 heterocycles. The molecule has 1 amide bonds. The summed E-state index contributed by atoms with van der Waals surface area (Å²) in [5.74, 6) is -0.0825. The van der Waals surface area contributed by atoms with Gasteiger partial charge in [-0.25, -0.2) is 0 Å². The molecule has 5 nitrogen and oxygen atoms in total. The van der Waals surface area contributed by atoms with E-state index in [0.29, 0.717) is 28.1 Å². The molecular formula is C23H24ClN2O3+. The number of hydrogen-bond donors (Lipinski definition) is 1. The molecule has 0 fully saturated rings. The average Bonchev–Trinajstić information content (AvgIpc) is 2.95. The molecule has 0 saturated carbocycles. The van der Waals surface area contributed by atoms with Crippen LogP contribution >= 0.6 is 11.6 Å². The Morgan fingerprint density at radius 3 is 2.52 bits per heavy atom. The Hall–Kier alpha value is -2.63. The van der Waals surface area contributed by atoms with Crippen LogP contribution in [0.1, 0.15) is 39.7 Å². The summed E-state index contributed by atoms with van der Waals surface area (Å²) in [5.41, 5.74) is 2.63. The number of benzene rings is 2. The highest BCUT2D eigenvalue weighted by molar-refractivity contribution is 6.31. The van der Waals surface area contributed by atoms with Gasteiger partial charge in [0.05, 0.1) is 37.6 Å². The van der Waals surface area contributed by atoms with Gasteiger partial charge in [-0.2, -0.15) is 0 Å². The summed E-state index contributed by atoms with van der Waals surface area (Å²) < 4.78 is 5.93. The van der Waals surface area contributed by atoms with E-state index in [4.69, 9.17) is 16.0 Å². The van der Waals surface area contributed by atoms with Crippen molar-refractivity contribution in [2.45, 2.75) is 19.4 Å². The summed E-state index contributed by atoms with van der Waals surface area (Å²) in [6.07, 6.45) is 0.837. The van der Waals surface area contributed by atoms with Crippen LogP contribution in [0.5, 0.6) is 0 Å². The molecule has 0 saturated heterocycles. The van der Waals surface area contributed by atoms with Gasteiger partial charge in [0.25, 0.3) is 5.91 Å². The predicted octanol–water partition coefficient (Wildman–Crippen LogP) is 2.83. The van der Waals surface area contributed by atoms with Gasteiger partial charge in [-0.3, -0.25) is 9.59 Å². The third-order valence-corrected chi connectivity index (χ3v) is 5.63. The summed E-state index contributed by atoms with van der Waals surface area (Å²) in [5, 5.41) is 0.868. The number of quaternary nitrogens is 1. The summed E-state index contributed by atoms with van der Waals surface area (Å²) in [7, 11) is 4.17. The molecule has 0 aliphatic carbocycles. The van der Waals surface area contributed by atoms with Gasteiger partial charge in [0.1, 0.15) is 5.58 Å². The van der Waals surface area contributed by atoms with Gasteiger partial charge in [-0.15, -0.1) is 0 Å². The molecule has 1 N–H and O–H groups in total. The second-order valence-electron chi connectivity index (χ2n) is 7.94. The third-order valence-electron chi connectivity index (χ3n) is 5.40. The van der Waals surface area contributed by atoms with Crippen LogP contribution in [-0.4, -0.2) is 38.0 Å². The zero-order valence-electron chi connectivity index (χ0n) is 16.8. The molecule has 6 heteroatoms. The molecule has 0 spiro atoms. The van der Waals surface area contributed by atoms with Crippen LogP contribution in [0.2, 0.25) is 5.02 Å². The van der Waals surface area contributed by atoms with E-state index < -0.39 is 6.04 Å². The zero-order valence-corrected chi connectivity index (χ0v) is 17.5. The highest BCUT2D eigenvalue weighted by Crippen LogP contribution is 2.38. The second-order valence-corrected chi connectivity index (χ2v) is 8.37. The first-order chi connectivity index (χ1) is 13.9. The quantitative estimate of drug-likeness (QED) is 0.702. The third kappa shape index (κ3) is 3.56. The Balaban J connectivity index is 1.88. The molecule has 2 aromatic carbocycles. The van der Waals surface area contributed by atoms with E-state index in [0.717, 1.165) is 24.1 Å². The number of hydrogen-bond acceptors (Lipinski definition) is 3. The van der Waals surface area contributed by atoms with Crippen molar-refractivity contribution in [2.75, 3.05) is 27.2 Å². The maximum Gasteiger partial charge on any atom is 0.290 e. The lowest BCUT2D eigenvalue weighted by Crippen LogP contribution is -3.05. The maximum atomic E-state index is 13.4. The summed E-state index contributed by atoms with van der Waals surface area (Å²) in [6, 6.07) is 12.4. The number of nitrogens with one attached hydrogen (secondary N) is 1. The van der Waals surface area contributed by atoms with Crippen molar-refractivity contribution in [1.29, 1.82) is 0 Å². The van der Waals surface area contributed by atoms with E-state index in [1.54, 1.807) is 23.1 Å². The Bertz CT molecular complexity index is 1140. The lowest BCUT2D eigenvalue weighted by Gasteiger charge is -2.25. The van der Waals surface area contributed by atoms with Gasteiger partial charge in [0.2, 0.25) is 5.76 Å². The van der Waals surface area contributed by atoms with Crippen LogP contribution in [0, 0.1) is 6.92 Å². The van der Waals surface area contributed by atoms with Gasteiger partial charge in [-0.05, 0) is 30.7 Å². The number of aryl methyl sites for hydroxylation is 1. The molecule has 1 aliphatic rings. The Morgan fingerprint density at radius 1 is 1.10 bits per heavy atom. The molecule has 3 aromatic rings. The summed E-state index contributed by atoms with van der Waals surface area (Å²) in [4.78, 5) is 29.7. The van der Waals surface area contributed by atoms with Crippen molar-refractivity contribution in [3.8, 4) is 0 Å². The largest absolute Gasteiger partial charge is 0.450 e. The maximum absolute atomic E-state index is 13.4. The highest BCUT2D eigenvalue weighted by Gasteiger charge is 2.42. The number of amides is 1. The van der Waals surface area contributed by atoms with Gasteiger partial charge in [-0.1, -0.05) is 41.4 Å². The van der Waals surface area contributed by atoms with Crippen LogP contribution in [0.15, 0.2) is 51.7 Å². The summed E-state index contributed by atoms with van der Waals surface area (Å²) in [6.45, 7) is 3.50. The number of rotatable bonds is 5. The van der Waals surface area contributed by atoms with Crippen molar-refractivity contribution >= 4 is 28.5 Å². The first-order valence-corrected chi connectivity index (χ1v) is 10.2. The van der Waals surface area contributed by atoms with Gasteiger partial charge >= 0.3 is 0 Å². The molecule has 4 rings (SSSR count). The first kappa shape index (κ1) is 19.7. The number of halogens is 1. The molecule has 1 atom stereocenters. The van der Waals surface area contributed by atoms with E-state index in [1.165, 1.54) is 4.90 Å². The minimum atomic E-state index is -0.449. The Morgan fingerprint density at radius 2 is 1.83 bits per heavy atom. The van der Waals surface area contributed by atoms with Crippen molar-refractivity contribution in [2.24, 2.45) is 0 Å². The van der Waals surface area contributed by atoms with Crippen LogP contribution in [0.4, 0.5) is 0 Å². The normalized spacial score (nSPS) is 16.1. The minimum absolute atomic E-state index is 0.146. The standard InChI is InChI=1S/C23H23ClN2O3/c1-14-5-7-15(8-6-14)20-19-21(27)17-13-16(24)9-10-18(17)29-22(19)23(28)26(20)12-4-11-25(2)3/h5-10,13,20H,4,11-12H2,1-3H3/p+1/t20-/m0/s1. The van der Waals surface area contributed by atoms with Gasteiger partial charge in [0, 0.05) is 18.0 Å². The number of carbonyl (C=O) groups is 1. The van der Waals surface area contributed by atoms with Crippen molar-refractivity contribution < 1.29 is 14.1 Å². The fraction of sp³-hybridized carbons (Fsp3) is 0.304. The molecule has 0 radical (unpaired) electrons. The summed E-state index contributed by atoms with van der Waals surface area (Å²) >= 11 is 6.11. The van der Waals surface area contributed by atoms with E-state index in [-0.39, 0.29) is 17.1 Å². The predicted molar refractivity (Wildman–Crippen MR) is 114 cm³/mol. The fourth-order valence-electron chi connectivity index (χ4n) is 3.92. The molecule has 1 aromatic heterocycles. The number of fused-ring (bicyclic) bond motifs is 2. The SMILES string of the molecule is Cc1ccc([C@H]2c3c(oc4ccc(Cl)cc4c3=O)C(=O)N2CCC[NH+](C)C)cc1. The van der Waals surface area contributed by atoms with Crippen molar-refractivity contribution in [3.05, 3.63) is 80.2 Å². The van der Waals surface area contributed by atoms with Crippen molar-refractivity contribution in [3.63, 3.8) is 0 Å². The van der Waals surface area contributed by atoms with Crippen LogP contribution < -0.4 is 10.3 Å². The van der Waals surface area contributed by atoms with Gasteiger partial charge in [0.15, 0.2) is 5.43 Å². The minimum Gasteiger partial charge on any atom is -0.450 e. The molecule has 1 aliphatic heterocycles. The molecular weight excluding hydrogens is 388 g/mol. The topological polar surface area (TPSA) is 55.0 Å². The monoisotopic (exact) mass is 411 g/mol. The van der Waals surface area contributed by atoms with Crippen LogP contribution in [-0.2, 0) is 0 Å². The molecule has 0 unspecified atom stereocenters. The van der Waals surface area contributed by atoms with E-state index in [2.05, 4.69) is 14.1 Å². The smallest absolute Gasteiger partial charge is 0.290 e. The number of carbonyl (C=O) groups excluding carboxylic acids is 1. The second kappa shape index (κ2) is 7.65. The van der Waals surface area contributed by atoms with Crippen LogP contribution in [0.3, 0.4) is 0 Å². The van der Waals surface area contributed by atoms with E-state index in [1.807, 2.05) is 31.2 Å². The average molecular weight is 412 g/mol. The highest BCUT2D eigenvalue weighted by atomic mass is 35.5. The van der Waals surface area contributed by atoms with E-state index >= 15 is 0 Å². The molecule has 0 bridgehead atoms. The van der Waals surface area contributed by atoms with E-state index in [9.17, 15) is 9.59 Å². The van der Waals surface area contributed by atoms with Crippen molar-refractivity contribution in [1.82, 2.24) is 4.90 Å². The lowest BCUT2D eigenvalue weighted by molar-refractivity contribution is -0.858.